The van der Waals surface area contributed by atoms with Crippen molar-refractivity contribution in [2.75, 3.05) is 19.8 Å². The second-order valence-electron chi connectivity index (χ2n) is 8.91. The Hall–Kier alpha value is -1.57. The van der Waals surface area contributed by atoms with E-state index >= 15 is 0 Å². The number of rotatable bonds is 22. The van der Waals surface area contributed by atoms with Crippen molar-refractivity contribution in [3.63, 3.8) is 0 Å². The van der Waals surface area contributed by atoms with Crippen molar-refractivity contribution in [1.29, 1.82) is 0 Å². The third kappa shape index (κ3) is 16.1. The molecule has 1 aromatic carbocycles. The molecule has 32 heavy (non-hydrogen) atoms. The van der Waals surface area contributed by atoms with Crippen LogP contribution in [0, 0.1) is 6.57 Å². The van der Waals surface area contributed by atoms with Gasteiger partial charge in [0.15, 0.2) is 5.69 Å². The fourth-order valence-electron chi connectivity index (χ4n) is 3.91. The van der Waals surface area contributed by atoms with Gasteiger partial charge >= 0.3 is 0 Å². The van der Waals surface area contributed by atoms with E-state index in [9.17, 15) is 5.11 Å². The molecule has 1 aromatic rings. The number of nitrogens with zero attached hydrogens (tertiary/aromatic N) is 1. The Labute approximate surface area is 197 Å². The molecule has 0 aliphatic carbocycles. The molecule has 0 spiro atoms. The minimum absolute atomic E-state index is 0.0960. The summed E-state index contributed by atoms with van der Waals surface area (Å²) in [7, 11) is 0. The van der Waals surface area contributed by atoms with E-state index in [1.165, 1.54) is 96.3 Å². The van der Waals surface area contributed by atoms with Crippen molar-refractivity contribution < 1.29 is 14.6 Å². The Morgan fingerprint density at radius 2 is 1.34 bits per heavy atom. The van der Waals surface area contributed by atoms with Crippen LogP contribution in [-0.2, 0) is 4.74 Å². The first-order valence-corrected chi connectivity index (χ1v) is 13.1. The zero-order valence-corrected chi connectivity index (χ0v) is 20.5. The second kappa shape index (κ2) is 21.3. The summed E-state index contributed by atoms with van der Waals surface area (Å²) < 4.78 is 11.4. The van der Waals surface area contributed by atoms with Gasteiger partial charge in [-0.15, -0.1) is 0 Å². The zero-order valence-electron chi connectivity index (χ0n) is 20.5. The van der Waals surface area contributed by atoms with Gasteiger partial charge in [-0.25, -0.2) is 4.85 Å². The van der Waals surface area contributed by atoms with Crippen molar-refractivity contribution in [3.05, 3.63) is 35.7 Å². The van der Waals surface area contributed by atoms with Crippen LogP contribution in [0.15, 0.2) is 24.3 Å². The molecule has 1 atom stereocenters. The molecule has 0 radical (unpaired) electrons. The topological polar surface area (TPSA) is 43.0 Å². The third-order valence-corrected chi connectivity index (χ3v) is 5.90. The van der Waals surface area contributed by atoms with E-state index in [1.807, 2.05) is 0 Å². The molecule has 0 heterocycles. The van der Waals surface area contributed by atoms with Gasteiger partial charge in [0, 0.05) is 6.61 Å². The number of benzene rings is 1. The lowest BCUT2D eigenvalue weighted by atomic mass is 10.0. The Bertz CT molecular complexity index is 584. The first kappa shape index (κ1) is 28.5. The fraction of sp³-hybridized carbons (Fsp3) is 0.750. The van der Waals surface area contributed by atoms with Crippen LogP contribution in [0.2, 0.25) is 0 Å². The minimum Gasteiger partial charge on any atom is -0.487 e. The molecule has 0 unspecified atom stereocenters. The molecule has 4 nitrogen and oxygen atoms in total. The Morgan fingerprint density at radius 3 is 1.84 bits per heavy atom. The third-order valence-electron chi connectivity index (χ3n) is 5.90. The lowest BCUT2D eigenvalue weighted by molar-refractivity contribution is 0.0189. The van der Waals surface area contributed by atoms with Crippen LogP contribution in [0.4, 0.5) is 5.69 Å². The van der Waals surface area contributed by atoms with Gasteiger partial charge in [-0.3, -0.25) is 0 Å². The lowest BCUT2D eigenvalue weighted by Crippen LogP contribution is -2.27. The van der Waals surface area contributed by atoms with Crippen molar-refractivity contribution in [1.82, 2.24) is 0 Å². The maximum atomic E-state index is 9.49. The maximum absolute atomic E-state index is 9.49. The van der Waals surface area contributed by atoms with Gasteiger partial charge in [0.05, 0.1) is 19.8 Å². The van der Waals surface area contributed by atoms with Gasteiger partial charge in [-0.05, 0) is 18.6 Å². The minimum atomic E-state index is -0.392. The maximum Gasteiger partial charge on any atom is 0.190 e. The van der Waals surface area contributed by atoms with Crippen molar-refractivity contribution in [2.45, 2.75) is 116 Å². The van der Waals surface area contributed by atoms with Crippen molar-refractivity contribution in [3.8, 4) is 5.75 Å². The predicted octanol–water partition coefficient (Wildman–Crippen LogP) is 8.26. The monoisotopic (exact) mass is 445 g/mol. The predicted molar refractivity (Wildman–Crippen MR) is 135 cm³/mol. The SMILES string of the molecule is [C-]#[N+]c1cccc(O[C@@H](CO)COCCCCCCCCCCCCCCCCCC)c1. The van der Waals surface area contributed by atoms with Gasteiger partial charge in [-0.1, -0.05) is 115 Å². The molecule has 182 valence electrons. The molecule has 1 rings (SSSR count). The van der Waals surface area contributed by atoms with E-state index in [0.717, 1.165) is 6.42 Å². The largest absolute Gasteiger partial charge is 0.487 e. The van der Waals surface area contributed by atoms with Crippen LogP contribution in [-0.4, -0.2) is 31.0 Å². The van der Waals surface area contributed by atoms with Gasteiger partial charge in [0.1, 0.15) is 11.9 Å². The standard InChI is InChI=1S/C28H47NO3/c1-3-4-5-6-7-8-9-10-11-12-13-14-15-16-17-18-22-31-25-28(24-30)32-27-21-19-20-26(23-27)29-2/h19-21,23,28,30H,3-18,22,24-25H2,1H3/t28-/m0/s1. The molecule has 0 saturated carbocycles. The van der Waals surface area contributed by atoms with E-state index < -0.39 is 6.10 Å². The van der Waals surface area contributed by atoms with Gasteiger partial charge in [0.25, 0.3) is 0 Å². The average molecular weight is 446 g/mol. The summed E-state index contributed by atoms with van der Waals surface area (Å²) in [4.78, 5) is 3.39. The summed E-state index contributed by atoms with van der Waals surface area (Å²) in [5, 5.41) is 9.49. The molecule has 4 heteroatoms. The number of aliphatic hydroxyl groups is 1. The summed E-state index contributed by atoms with van der Waals surface area (Å²) in [6.07, 6.45) is 21.4. The highest BCUT2D eigenvalue weighted by Crippen LogP contribution is 2.21. The number of ether oxygens (including phenoxy) is 2. The van der Waals surface area contributed by atoms with Crippen LogP contribution in [0.1, 0.15) is 110 Å². The van der Waals surface area contributed by atoms with E-state index in [4.69, 9.17) is 16.0 Å². The smallest absolute Gasteiger partial charge is 0.190 e. The first-order chi connectivity index (χ1) is 15.8. The number of unbranched alkanes of at least 4 members (excludes halogenated alkanes) is 15. The summed E-state index contributed by atoms with van der Waals surface area (Å²) in [6.45, 7) is 10.3. The molecule has 1 N–H and O–H groups in total. The summed E-state index contributed by atoms with van der Waals surface area (Å²) in [6, 6.07) is 7.01. The Morgan fingerprint density at radius 1 is 0.812 bits per heavy atom. The molecular weight excluding hydrogens is 398 g/mol. The van der Waals surface area contributed by atoms with E-state index in [2.05, 4.69) is 11.8 Å². The van der Waals surface area contributed by atoms with Crippen molar-refractivity contribution >= 4 is 5.69 Å². The highest BCUT2D eigenvalue weighted by molar-refractivity contribution is 5.48. The van der Waals surface area contributed by atoms with E-state index in [-0.39, 0.29) is 6.61 Å². The Kier molecular flexibility index (Phi) is 18.9. The summed E-state index contributed by atoms with van der Waals surface area (Å²) in [5.74, 6) is 0.601. The fourth-order valence-corrected chi connectivity index (χ4v) is 3.91. The van der Waals surface area contributed by atoms with E-state index in [0.29, 0.717) is 24.7 Å². The van der Waals surface area contributed by atoms with Crippen LogP contribution in [0.3, 0.4) is 0 Å². The van der Waals surface area contributed by atoms with Gasteiger partial charge in [0.2, 0.25) is 0 Å². The average Bonchev–Trinajstić information content (AvgIpc) is 2.82. The Balaban J connectivity index is 1.86. The zero-order chi connectivity index (χ0) is 23.1. The van der Waals surface area contributed by atoms with Crippen LogP contribution in [0.5, 0.6) is 5.75 Å². The highest BCUT2D eigenvalue weighted by Gasteiger charge is 2.10. The normalized spacial score (nSPS) is 11.9. The van der Waals surface area contributed by atoms with Crippen LogP contribution in [0.25, 0.3) is 4.85 Å². The molecule has 0 amide bonds. The highest BCUT2D eigenvalue weighted by atomic mass is 16.5. The first-order valence-electron chi connectivity index (χ1n) is 13.1. The summed E-state index contributed by atoms with van der Waals surface area (Å²) >= 11 is 0. The van der Waals surface area contributed by atoms with Gasteiger partial charge in [-0.2, -0.15) is 0 Å². The molecule has 0 fully saturated rings. The second-order valence-corrected chi connectivity index (χ2v) is 8.91. The number of hydrogen-bond donors (Lipinski definition) is 1. The van der Waals surface area contributed by atoms with Crippen LogP contribution >= 0.6 is 0 Å². The molecule has 0 saturated heterocycles. The van der Waals surface area contributed by atoms with Crippen LogP contribution < -0.4 is 4.74 Å². The van der Waals surface area contributed by atoms with Crippen molar-refractivity contribution in [2.24, 2.45) is 0 Å². The lowest BCUT2D eigenvalue weighted by Gasteiger charge is -2.17. The molecule has 0 aromatic heterocycles. The van der Waals surface area contributed by atoms with Gasteiger partial charge < -0.3 is 14.6 Å². The molecule has 0 aliphatic heterocycles. The molecule has 0 aliphatic rings. The van der Waals surface area contributed by atoms with E-state index in [1.54, 1.807) is 24.3 Å². The number of aliphatic hydroxyl groups excluding tert-OH is 1. The molecular formula is C28H47NO3. The summed E-state index contributed by atoms with van der Waals surface area (Å²) in [5.41, 5.74) is 0.535. The number of hydrogen-bond acceptors (Lipinski definition) is 3. The molecule has 0 bridgehead atoms. The quantitative estimate of drug-likeness (QED) is 0.144.